The summed E-state index contributed by atoms with van der Waals surface area (Å²) in [6.07, 6.45) is 1.27. The van der Waals surface area contributed by atoms with Crippen molar-refractivity contribution in [3.8, 4) is 5.75 Å². The van der Waals surface area contributed by atoms with E-state index in [-0.39, 0.29) is 28.5 Å². The first-order valence-corrected chi connectivity index (χ1v) is 10.4. The number of carbonyl (C=O) groups excluding carboxylic acids is 2. The fourth-order valence-electron chi connectivity index (χ4n) is 3.01. The summed E-state index contributed by atoms with van der Waals surface area (Å²) < 4.78 is 0. The van der Waals surface area contributed by atoms with Gasteiger partial charge in [0.2, 0.25) is 17.5 Å². The van der Waals surface area contributed by atoms with Crippen LogP contribution in [-0.2, 0) is 15.2 Å². The molecule has 0 aliphatic rings. The maximum Gasteiger partial charge on any atom is 0.343 e. The summed E-state index contributed by atoms with van der Waals surface area (Å²) >= 11 is 6.03. The molecule has 2 atom stereocenters. The standard InChI is InChI=1S/C22H20ClN5O7/c23-19(22(35,20(33)34)13-4-2-1-3-5-13)27-17(31)11-25-18(32)12-8-14(10-15(29)9-12)26-21-24-7-6-16(30)28-21/h1-10,19,29,35H,11H2,(H,25,32)(H,27,31)(H,33,34)(H2,24,26,28,30). The van der Waals surface area contributed by atoms with Crippen molar-refractivity contribution < 1.29 is 29.7 Å². The van der Waals surface area contributed by atoms with Gasteiger partial charge < -0.3 is 31.3 Å². The minimum Gasteiger partial charge on any atom is -0.508 e. The fourth-order valence-corrected chi connectivity index (χ4v) is 3.36. The van der Waals surface area contributed by atoms with E-state index >= 15 is 0 Å². The molecule has 0 spiro atoms. The normalized spacial score (nSPS) is 13.2. The lowest BCUT2D eigenvalue weighted by atomic mass is 9.93. The van der Waals surface area contributed by atoms with Crippen LogP contribution >= 0.6 is 11.6 Å². The Kier molecular flexibility index (Phi) is 7.69. The molecule has 35 heavy (non-hydrogen) atoms. The van der Waals surface area contributed by atoms with Crippen LogP contribution in [0.15, 0.2) is 65.6 Å². The van der Waals surface area contributed by atoms with Crippen LogP contribution in [0.5, 0.6) is 5.75 Å². The van der Waals surface area contributed by atoms with E-state index < -0.39 is 41.0 Å². The molecule has 1 heterocycles. The van der Waals surface area contributed by atoms with Gasteiger partial charge in [-0.2, -0.15) is 0 Å². The van der Waals surface area contributed by atoms with Crippen molar-refractivity contribution in [1.29, 1.82) is 0 Å². The Morgan fingerprint density at radius 3 is 2.49 bits per heavy atom. The zero-order valence-electron chi connectivity index (χ0n) is 17.9. The number of phenols is 1. The van der Waals surface area contributed by atoms with Gasteiger partial charge in [0.25, 0.3) is 11.5 Å². The van der Waals surface area contributed by atoms with Crippen LogP contribution in [0.2, 0.25) is 0 Å². The van der Waals surface area contributed by atoms with Crippen LogP contribution in [-0.4, -0.2) is 55.1 Å². The van der Waals surface area contributed by atoms with Gasteiger partial charge in [-0.05, 0) is 17.7 Å². The van der Waals surface area contributed by atoms with Gasteiger partial charge >= 0.3 is 5.97 Å². The second-order valence-electron chi connectivity index (χ2n) is 7.23. The molecule has 0 saturated carbocycles. The van der Waals surface area contributed by atoms with Gasteiger partial charge in [-0.15, -0.1) is 0 Å². The smallest absolute Gasteiger partial charge is 0.343 e. The Hall–Kier alpha value is -4.42. The molecule has 13 heteroatoms. The van der Waals surface area contributed by atoms with Crippen LogP contribution in [0.3, 0.4) is 0 Å². The first-order chi connectivity index (χ1) is 16.6. The molecule has 2 unspecified atom stereocenters. The van der Waals surface area contributed by atoms with Gasteiger partial charge in [-0.1, -0.05) is 41.9 Å². The molecule has 0 aliphatic heterocycles. The SMILES string of the molecule is O=C(CNC(=O)c1cc(O)cc(Nc2nccc(=O)[nH]2)c1)NC(Cl)C(O)(C(=O)O)c1ccccc1. The van der Waals surface area contributed by atoms with Crippen molar-refractivity contribution in [2.75, 3.05) is 11.9 Å². The molecule has 2 aromatic carbocycles. The van der Waals surface area contributed by atoms with Gasteiger partial charge in [0.1, 0.15) is 11.3 Å². The number of rotatable bonds is 9. The lowest BCUT2D eigenvalue weighted by Gasteiger charge is -2.29. The Morgan fingerprint density at radius 1 is 1.11 bits per heavy atom. The summed E-state index contributed by atoms with van der Waals surface area (Å²) in [7, 11) is 0. The van der Waals surface area contributed by atoms with Crippen molar-refractivity contribution in [3.63, 3.8) is 0 Å². The topological polar surface area (TPSA) is 194 Å². The number of aliphatic carboxylic acids is 1. The summed E-state index contributed by atoms with van der Waals surface area (Å²) in [5.41, 5.74) is -4.65. The van der Waals surface area contributed by atoms with Gasteiger partial charge in [0.05, 0.1) is 6.54 Å². The molecule has 3 aromatic rings. The van der Waals surface area contributed by atoms with Gasteiger partial charge in [0.15, 0.2) is 0 Å². The molecule has 0 fully saturated rings. The summed E-state index contributed by atoms with van der Waals surface area (Å²) in [5, 5.41) is 37.2. The van der Waals surface area contributed by atoms with Crippen LogP contribution in [0, 0.1) is 0 Å². The summed E-state index contributed by atoms with van der Waals surface area (Å²) in [6.45, 7) is -0.613. The van der Waals surface area contributed by atoms with E-state index in [0.717, 1.165) is 6.07 Å². The third-order valence-corrected chi connectivity index (χ3v) is 5.14. The molecule has 0 radical (unpaired) electrons. The molecule has 12 nitrogen and oxygen atoms in total. The summed E-state index contributed by atoms with van der Waals surface area (Å²) in [4.78, 5) is 54.2. The van der Waals surface area contributed by atoms with E-state index in [4.69, 9.17) is 11.6 Å². The highest BCUT2D eigenvalue weighted by Gasteiger charge is 2.46. The number of nitrogens with zero attached hydrogens (tertiary/aromatic N) is 1. The van der Waals surface area contributed by atoms with Crippen LogP contribution in [0.1, 0.15) is 15.9 Å². The second kappa shape index (κ2) is 10.7. The Labute approximate surface area is 202 Å². The Balaban J connectivity index is 1.65. The highest BCUT2D eigenvalue weighted by molar-refractivity contribution is 6.23. The predicted molar refractivity (Wildman–Crippen MR) is 124 cm³/mol. The Bertz CT molecular complexity index is 1300. The van der Waals surface area contributed by atoms with Crippen molar-refractivity contribution >= 4 is 41.0 Å². The summed E-state index contributed by atoms with van der Waals surface area (Å²) in [5.74, 6) is -3.51. The number of H-pyrrole nitrogens is 1. The number of carbonyl (C=O) groups is 3. The number of hydrogen-bond donors (Lipinski definition) is 7. The highest BCUT2D eigenvalue weighted by Crippen LogP contribution is 2.28. The van der Waals surface area contributed by atoms with Crippen LogP contribution < -0.4 is 21.5 Å². The number of hydrogen-bond acceptors (Lipinski definition) is 8. The quantitative estimate of drug-likeness (QED) is 0.162. The first-order valence-electron chi connectivity index (χ1n) is 9.99. The molecule has 0 aliphatic carbocycles. The van der Waals surface area contributed by atoms with Crippen molar-refractivity contribution in [2.45, 2.75) is 11.1 Å². The average molecular weight is 502 g/mol. The minimum atomic E-state index is -2.62. The Morgan fingerprint density at radius 2 is 1.83 bits per heavy atom. The van der Waals surface area contributed by atoms with Crippen molar-refractivity contribution in [2.24, 2.45) is 0 Å². The number of carboxylic acids is 1. The van der Waals surface area contributed by atoms with Crippen molar-refractivity contribution in [1.82, 2.24) is 20.6 Å². The zero-order chi connectivity index (χ0) is 25.6. The fraction of sp³-hybridized carbons (Fsp3) is 0.136. The van der Waals surface area contributed by atoms with E-state index in [1.54, 1.807) is 6.07 Å². The van der Waals surface area contributed by atoms with E-state index in [0.29, 0.717) is 0 Å². The van der Waals surface area contributed by atoms with Crippen molar-refractivity contribution in [3.05, 3.63) is 82.3 Å². The number of halogens is 1. The number of anilines is 2. The third-order valence-electron chi connectivity index (χ3n) is 4.72. The number of nitrogens with one attached hydrogen (secondary N) is 4. The number of aliphatic hydroxyl groups is 1. The number of aromatic amines is 1. The van der Waals surface area contributed by atoms with Crippen LogP contribution in [0.4, 0.5) is 11.6 Å². The van der Waals surface area contributed by atoms with Gasteiger partial charge in [-0.25, -0.2) is 9.78 Å². The van der Waals surface area contributed by atoms with E-state index in [1.807, 2.05) is 0 Å². The van der Waals surface area contributed by atoms with Gasteiger partial charge in [-0.3, -0.25) is 19.4 Å². The molecule has 3 rings (SSSR count). The molecule has 0 saturated heterocycles. The summed E-state index contributed by atoms with van der Waals surface area (Å²) in [6, 6.07) is 12.3. The second-order valence-corrected chi connectivity index (χ2v) is 7.66. The number of amides is 2. The first kappa shape index (κ1) is 25.2. The predicted octanol–water partition coefficient (Wildman–Crippen LogP) is 0.602. The largest absolute Gasteiger partial charge is 0.508 e. The molecule has 182 valence electrons. The molecular weight excluding hydrogens is 482 g/mol. The average Bonchev–Trinajstić information content (AvgIpc) is 2.82. The molecule has 0 bridgehead atoms. The third kappa shape index (κ3) is 6.13. The molecule has 2 amide bonds. The number of alkyl halides is 1. The van der Waals surface area contributed by atoms with Crippen LogP contribution in [0.25, 0.3) is 0 Å². The van der Waals surface area contributed by atoms with Gasteiger partial charge in [0, 0.05) is 29.6 Å². The number of phenolic OH excluding ortho intramolecular Hbond substituents is 1. The maximum atomic E-state index is 12.5. The monoisotopic (exact) mass is 501 g/mol. The molecular formula is C22H20ClN5O7. The number of carboxylic acid groups (broad SMARTS) is 1. The lowest BCUT2D eigenvalue weighted by Crippen LogP contribution is -2.53. The molecule has 7 N–H and O–H groups in total. The molecule has 1 aromatic heterocycles. The minimum absolute atomic E-state index is 0.0349. The van der Waals surface area contributed by atoms with E-state index in [1.165, 1.54) is 48.7 Å². The highest BCUT2D eigenvalue weighted by atomic mass is 35.5. The lowest BCUT2D eigenvalue weighted by molar-refractivity contribution is -0.161. The van der Waals surface area contributed by atoms with E-state index in [2.05, 4.69) is 25.9 Å². The zero-order valence-corrected chi connectivity index (χ0v) is 18.6. The number of aromatic nitrogens is 2. The number of aromatic hydroxyl groups is 1. The maximum absolute atomic E-state index is 12.5. The van der Waals surface area contributed by atoms with E-state index in [9.17, 15) is 34.5 Å². The number of benzene rings is 2.